The van der Waals surface area contributed by atoms with E-state index in [0.717, 1.165) is 37.4 Å². The van der Waals surface area contributed by atoms with Gasteiger partial charge in [-0.25, -0.2) is 4.79 Å². The van der Waals surface area contributed by atoms with Gasteiger partial charge in [-0.3, -0.25) is 9.58 Å². The van der Waals surface area contributed by atoms with Gasteiger partial charge in [0.2, 0.25) is 0 Å². The van der Waals surface area contributed by atoms with E-state index in [9.17, 15) is 4.79 Å². The molecule has 2 N–H and O–H groups in total. The van der Waals surface area contributed by atoms with Crippen LogP contribution in [0.2, 0.25) is 0 Å². The van der Waals surface area contributed by atoms with Crippen LogP contribution in [-0.4, -0.2) is 28.9 Å². The molecule has 2 aromatic rings. The predicted molar refractivity (Wildman–Crippen MR) is 94.3 cm³/mol. The standard InChI is InChI=1S/C18H23N5O/c1-22-17(13-6-7-13)14(12-21-22)11-20-15-4-2-5-16(10-15)23-9-3-8-19-18(23)24/h2,4-5,10,12-13,20H,3,6-9,11H2,1H3,(H,19,24). The van der Waals surface area contributed by atoms with Crippen molar-refractivity contribution in [1.29, 1.82) is 0 Å². The van der Waals surface area contributed by atoms with Gasteiger partial charge in [-0.2, -0.15) is 5.10 Å². The molecule has 0 atom stereocenters. The smallest absolute Gasteiger partial charge is 0.321 e. The van der Waals surface area contributed by atoms with Crippen molar-refractivity contribution in [3.8, 4) is 0 Å². The zero-order chi connectivity index (χ0) is 16.5. The number of amides is 2. The van der Waals surface area contributed by atoms with E-state index in [1.165, 1.54) is 24.1 Å². The summed E-state index contributed by atoms with van der Waals surface area (Å²) in [4.78, 5) is 13.8. The first-order valence-electron chi connectivity index (χ1n) is 8.62. The fourth-order valence-corrected chi connectivity index (χ4v) is 3.37. The van der Waals surface area contributed by atoms with Gasteiger partial charge in [0.15, 0.2) is 0 Å². The van der Waals surface area contributed by atoms with Gasteiger partial charge in [0, 0.05) is 55.2 Å². The predicted octanol–water partition coefficient (Wildman–Crippen LogP) is 2.83. The number of urea groups is 1. The molecule has 2 heterocycles. The Bertz CT molecular complexity index is 750. The first-order chi connectivity index (χ1) is 11.7. The highest BCUT2D eigenvalue weighted by atomic mass is 16.2. The lowest BCUT2D eigenvalue weighted by atomic mass is 10.1. The Hall–Kier alpha value is -2.50. The molecule has 1 aromatic carbocycles. The summed E-state index contributed by atoms with van der Waals surface area (Å²) >= 11 is 0. The molecule has 1 aromatic heterocycles. The van der Waals surface area contributed by atoms with Gasteiger partial charge < -0.3 is 10.6 Å². The summed E-state index contributed by atoms with van der Waals surface area (Å²) < 4.78 is 2.00. The van der Waals surface area contributed by atoms with Gasteiger partial charge in [0.25, 0.3) is 0 Å². The SMILES string of the molecule is Cn1ncc(CNc2cccc(N3CCCNC3=O)c2)c1C1CC1. The maximum atomic E-state index is 12.0. The fraction of sp³-hybridized carbons (Fsp3) is 0.444. The summed E-state index contributed by atoms with van der Waals surface area (Å²) in [5, 5.41) is 10.8. The number of carbonyl (C=O) groups is 1. The zero-order valence-electron chi connectivity index (χ0n) is 14.0. The molecule has 0 radical (unpaired) electrons. The molecule has 1 saturated carbocycles. The van der Waals surface area contributed by atoms with E-state index in [1.807, 2.05) is 42.2 Å². The number of nitrogens with one attached hydrogen (secondary N) is 2. The highest BCUT2D eigenvalue weighted by Gasteiger charge is 2.29. The number of rotatable bonds is 5. The lowest BCUT2D eigenvalue weighted by Gasteiger charge is -2.27. The summed E-state index contributed by atoms with van der Waals surface area (Å²) in [6.07, 6.45) is 5.48. The van der Waals surface area contributed by atoms with Gasteiger partial charge in [0.05, 0.1) is 6.20 Å². The van der Waals surface area contributed by atoms with Crippen LogP contribution in [-0.2, 0) is 13.6 Å². The van der Waals surface area contributed by atoms with Crippen molar-refractivity contribution in [3.63, 3.8) is 0 Å². The van der Waals surface area contributed by atoms with Gasteiger partial charge >= 0.3 is 6.03 Å². The molecule has 6 nitrogen and oxygen atoms in total. The summed E-state index contributed by atoms with van der Waals surface area (Å²) in [6, 6.07) is 8.04. The highest BCUT2D eigenvalue weighted by molar-refractivity contribution is 5.93. The number of hydrogen-bond donors (Lipinski definition) is 2. The van der Waals surface area contributed by atoms with Crippen molar-refractivity contribution in [3.05, 3.63) is 41.7 Å². The minimum absolute atomic E-state index is 0.0123. The minimum Gasteiger partial charge on any atom is -0.381 e. The topological polar surface area (TPSA) is 62.2 Å². The molecule has 2 amide bonds. The Balaban J connectivity index is 1.47. The van der Waals surface area contributed by atoms with Crippen molar-refractivity contribution in [2.24, 2.45) is 7.05 Å². The molecular weight excluding hydrogens is 302 g/mol. The van der Waals surface area contributed by atoms with E-state index < -0.39 is 0 Å². The minimum atomic E-state index is -0.0123. The zero-order valence-corrected chi connectivity index (χ0v) is 14.0. The van der Waals surface area contributed by atoms with Crippen LogP contribution in [0.5, 0.6) is 0 Å². The Morgan fingerprint density at radius 1 is 1.38 bits per heavy atom. The largest absolute Gasteiger partial charge is 0.381 e. The maximum Gasteiger partial charge on any atom is 0.321 e. The third-order valence-corrected chi connectivity index (χ3v) is 4.75. The Labute approximate surface area is 141 Å². The summed E-state index contributed by atoms with van der Waals surface area (Å²) in [7, 11) is 2.02. The van der Waals surface area contributed by atoms with Crippen molar-refractivity contribution in [2.75, 3.05) is 23.3 Å². The van der Waals surface area contributed by atoms with E-state index in [-0.39, 0.29) is 6.03 Å². The van der Waals surface area contributed by atoms with Crippen LogP contribution < -0.4 is 15.5 Å². The number of hydrogen-bond acceptors (Lipinski definition) is 3. The van der Waals surface area contributed by atoms with E-state index >= 15 is 0 Å². The molecule has 1 aliphatic heterocycles. The second-order valence-corrected chi connectivity index (χ2v) is 6.59. The molecule has 0 bridgehead atoms. The Morgan fingerprint density at radius 3 is 3.04 bits per heavy atom. The molecule has 4 rings (SSSR count). The number of benzene rings is 1. The van der Waals surface area contributed by atoms with Crippen LogP contribution in [0.3, 0.4) is 0 Å². The second-order valence-electron chi connectivity index (χ2n) is 6.59. The normalized spacial score (nSPS) is 17.7. The first kappa shape index (κ1) is 15.1. The van der Waals surface area contributed by atoms with E-state index in [1.54, 1.807) is 4.90 Å². The second kappa shape index (κ2) is 6.19. The lowest BCUT2D eigenvalue weighted by Crippen LogP contribution is -2.46. The van der Waals surface area contributed by atoms with Gasteiger partial charge in [0.1, 0.15) is 0 Å². The molecule has 1 aliphatic carbocycles. The summed E-state index contributed by atoms with van der Waals surface area (Å²) in [5.74, 6) is 0.678. The molecule has 1 saturated heterocycles. The molecular formula is C18H23N5O. The average molecular weight is 325 g/mol. The molecule has 0 unspecified atom stereocenters. The monoisotopic (exact) mass is 325 g/mol. The third-order valence-electron chi connectivity index (χ3n) is 4.75. The molecule has 2 aliphatic rings. The van der Waals surface area contributed by atoms with Crippen molar-refractivity contribution in [1.82, 2.24) is 15.1 Å². The third kappa shape index (κ3) is 2.96. The summed E-state index contributed by atoms with van der Waals surface area (Å²) in [6.45, 7) is 2.29. The van der Waals surface area contributed by atoms with Crippen molar-refractivity contribution < 1.29 is 4.79 Å². The van der Waals surface area contributed by atoms with E-state index in [2.05, 4.69) is 15.7 Å². The van der Waals surface area contributed by atoms with Crippen molar-refractivity contribution >= 4 is 17.4 Å². The fourth-order valence-electron chi connectivity index (χ4n) is 3.37. The van der Waals surface area contributed by atoms with Gasteiger partial charge in [-0.05, 0) is 37.5 Å². The summed E-state index contributed by atoms with van der Waals surface area (Å²) in [5.41, 5.74) is 4.58. The van der Waals surface area contributed by atoms with Crippen LogP contribution in [0.1, 0.15) is 36.4 Å². The maximum absolute atomic E-state index is 12.0. The lowest BCUT2D eigenvalue weighted by molar-refractivity contribution is 0.243. The number of aromatic nitrogens is 2. The molecule has 24 heavy (non-hydrogen) atoms. The number of aryl methyl sites for hydroxylation is 1. The van der Waals surface area contributed by atoms with Crippen LogP contribution in [0.15, 0.2) is 30.5 Å². The van der Waals surface area contributed by atoms with Crippen LogP contribution >= 0.6 is 0 Å². The van der Waals surface area contributed by atoms with Crippen molar-refractivity contribution in [2.45, 2.75) is 31.7 Å². The Kier molecular flexibility index (Phi) is 3.88. The van der Waals surface area contributed by atoms with Crippen LogP contribution in [0, 0.1) is 0 Å². The molecule has 126 valence electrons. The Morgan fingerprint density at radius 2 is 2.25 bits per heavy atom. The molecule has 2 fully saturated rings. The number of carbonyl (C=O) groups excluding carboxylic acids is 1. The molecule has 0 spiro atoms. The number of anilines is 2. The molecule has 6 heteroatoms. The van der Waals surface area contributed by atoms with Gasteiger partial charge in [-0.15, -0.1) is 0 Å². The van der Waals surface area contributed by atoms with Crippen LogP contribution in [0.4, 0.5) is 16.2 Å². The quantitative estimate of drug-likeness (QED) is 0.888. The van der Waals surface area contributed by atoms with E-state index in [4.69, 9.17) is 0 Å². The number of nitrogens with zero attached hydrogens (tertiary/aromatic N) is 3. The van der Waals surface area contributed by atoms with E-state index in [0.29, 0.717) is 5.92 Å². The van der Waals surface area contributed by atoms with Gasteiger partial charge in [-0.1, -0.05) is 6.07 Å². The first-order valence-corrected chi connectivity index (χ1v) is 8.62. The highest BCUT2D eigenvalue weighted by Crippen LogP contribution is 2.41. The van der Waals surface area contributed by atoms with Crippen LogP contribution in [0.25, 0.3) is 0 Å². The average Bonchev–Trinajstić information content (AvgIpc) is 3.36.